The van der Waals surface area contributed by atoms with E-state index in [1.807, 2.05) is 59.9 Å². The van der Waals surface area contributed by atoms with Gasteiger partial charge in [0.15, 0.2) is 0 Å². The fourth-order valence-corrected chi connectivity index (χ4v) is 11.0. The van der Waals surface area contributed by atoms with Crippen molar-refractivity contribution in [2.75, 3.05) is 0 Å². The molecule has 5 aromatic carbocycles. The van der Waals surface area contributed by atoms with Gasteiger partial charge < -0.3 is 4.98 Å². The maximum absolute atomic E-state index is 8.04. The summed E-state index contributed by atoms with van der Waals surface area (Å²) < 4.78 is 78.3. The second kappa shape index (κ2) is 15.0. The average molecular weight is 971 g/mol. The summed E-state index contributed by atoms with van der Waals surface area (Å²) >= 11 is 1.54. The van der Waals surface area contributed by atoms with Gasteiger partial charge in [0.2, 0.25) is 0 Å². The van der Waals surface area contributed by atoms with Gasteiger partial charge in [0.05, 0.1) is 0 Å². The Kier molecular flexibility index (Phi) is 7.83. The molecule has 0 saturated heterocycles. The predicted molar refractivity (Wildman–Crippen MR) is 230 cm³/mol. The van der Waals surface area contributed by atoms with Crippen molar-refractivity contribution in [2.24, 2.45) is 0 Å². The minimum absolute atomic E-state index is 0. The van der Waals surface area contributed by atoms with E-state index < -0.39 is 39.2 Å². The SMILES string of the molecule is [2H]C([2H])([2H])C(c1ccnc(-c2[c-]ccc3c2sc2cc(-c4ccccc4)ccc23)c1)(C([2H])([2H])[2H])C([2H])([2H])[2H].[CH3][Ge]([CH3])([CH3])[c]1ccc(-c2[c-]ccc3c2sc2ccccc23)nc1.[Ir]. The number of fused-ring (bicyclic) bond motifs is 6. The quantitative estimate of drug-likeness (QED) is 0.130. The number of hydrogen-bond acceptors (Lipinski definition) is 4. The van der Waals surface area contributed by atoms with Crippen LogP contribution in [0.4, 0.5) is 0 Å². The maximum atomic E-state index is 8.04. The summed E-state index contributed by atoms with van der Waals surface area (Å²) in [6, 6.07) is 46.1. The molecule has 4 aromatic heterocycles. The van der Waals surface area contributed by atoms with Crippen molar-refractivity contribution in [3.8, 4) is 33.6 Å². The van der Waals surface area contributed by atoms with E-state index >= 15 is 0 Å². The van der Waals surface area contributed by atoms with E-state index in [1.54, 1.807) is 6.07 Å². The van der Waals surface area contributed by atoms with Crippen molar-refractivity contribution in [1.29, 1.82) is 0 Å². The first-order valence-corrected chi connectivity index (χ1v) is 26.0. The van der Waals surface area contributed by atoms with Gasteiger partial charge in [-0.05, 0) is 50.0 Å². The van der Waals surface area contributed by atoms with E-state index in [2.05, 4.69) is 95.2 Å². The van der Waals surface area contributed by atoms with Gasteiger partial charge >= 0.3 is 143 Å². The first kappa shape index (κ1) is 27.6. The molecule has 6 heteroatoms. The summed E-state index contributed by atoms with van der Waals surface area (Å²) in [7, 11) is 0. The van der Waals surface area contributed by atoms with Gasteiger partial charge in [-0.15, -0.1) is 23.8 Å². The molecule has 0 N–H and O–H groups in total. The molecule has 0 amide bonds. The van der Waals surface area contributed by atoms with Crippen LogP contribution in [0.5, 0.6) is 0 Å². The summed E-state index contributed by atoms with van der Waals surface area (Å²) in [5, 5.41) is 4.60. The largest absolute Gasteiger partial charge is 0 e. The number of benzene rings is 5. The molecule has 0 atom stereocenters. The Morgan fingerprint density at radius 2 is 1.26 bits per heavy atom. The number of nitrogens with zero attached hydrogens (tertiary/aromatic N) is 2. The zero-order valence-electron chi connectivity index (χ0n) is 38.2. The first-order valence-electron chi connectivity index (χ1n) is 21.5. The Hall–Kier alpha value is -3.97. The molecular weight excluding hydrogens is 921 g/mol. The molecule has 2 nitrogen and oxygen atoms in total. The van der Waals surface area contributed by atoms with Crippen LogP contribution in [0, 0.1) is 12.1 Å². The molecule has 265 valence electrons. The maximum Gasteiger partial charge on any atom is 0 e. The van der Waals surface area contributed by atoms with Crippen LogP contribution in [0.3, 0.4) is 0 Å². The normalized spacial score (nSPS) is 15.0. The summed E-state index contributed by atoms with van der Waals surface area (Å²) in [6.07, 6.45) is 3.34. The molecule has 0 bridgehead atoms. The minimum Gasteiger partial charge on any atom is 0 e. The van der Waals surface area contributed by atoms with Gasteiger partial charge in [-0.1, -0.05) is 74.5 Å². The molecule has 9 rings (SSSR count). The fraction of sp³-hybridized carbons (Fsp3) is 0.149. The molecule has 0 spiro atoms. The zero-order chi connectivity index (χ0) is 43.5. The summed E-state index contributed by atoms with van der Waals surface area (Å²) in [5.74, 6) is 7.20. The van der Waals surface area contributed by atoms with Crippen LogP contribution in [-0.4, -0.2) is 23.2 Å². The Morgan fingerprint density at radius 1 is 0.604 bits per heavy atom. The number of rotatable bonds is 4. The number of pyridine rings is 2. The Balaban J connectivity index is 0.000000205. The number of thiophene rings is 2. The van der Waals surface area contributed by atoms with E-state index in [1.165, 1.54) is 54.2 Å². The molecule has 0 aliphatic heterocycles. The van der Waals surface area contributed by atoms with Crippen LogP contribution < -0.4 is 4.40 Å². The van der Waals surface area contributed by atoms with Crippen LogP contribution >= 0.6 is 22.7 Å². The molecule has 4 heterocycles. The molecular formula is C47H40GeIrN2S2-2. The van der Waals surface area contributed by atoms with Crippen LogP contribution in [0.2, 0.25) is 17.3 Å². The second-order valence-electron chi connectivity index (χ2n) is 13.8. The fourth-order valence-electron chi connectivity index (χ4n) is 6.41. The van der Waals surface area contributed by atoms with Crippen LogP contribution in [0.1, 0.15) is 38.5 Å². The van der Waals surface area contributed by atoms with Crippen molar-refractivity contribution in [2.45, 2.75) is 43.2 Å². The van der Waals surface area contributed by atoms with Crippen LogP contribution in [0.25, 0.3) is 74.0 Å². The van der Waals surface area contributed by atoms with Gasteiger partial charge in [0.1, 0.15) is 0 Å². The Labute approximate surface area is 349 Å². The van der Waals surface area contributed by atoms with Gasteiger partial charge in [-0.2, -0.15) is 11.3 Å². The Morgan fingerprint density at radius 3 is 1.94 bits per heavy atom. The van der Waals surface area contributed by atoms with Gasteiger partial charge in [0.25, 0.3) is 0 Å². The third-order valence-electron chi connectivity index (χ3n) is 9.21. The second-order valence-corrected chi connectivity index (χ2v) is 26.6. The zero-order valence-corrected chi connectivity index (χ0v) is 35.4. The standard InChI is InChI=1S/C27H22NS.C20H18GeNS.Ir/c1-27(2,3)20-14-15-28-24(17-20)23-11-7-10-22-21-13-12-19(16-25(21)29-26(22)23)18-8-5-4-6-9-18;1-21(2,3)14-11-12-18(22-13-14)17-9-6-8-16-15-7-4-5-10-19(15)23-20(16)17;/h4-10,12-17H,1-3H3;4-8,10-13H,1-3H3;/q2*-1;/i1D3,2D3,3D3;;. The van der Waals surface area contributed by atoms with E-state index in [0.717, 1.165) is 42.6 Å². The minimum atomic E-state index is -3.34. The molecule has 0 saturated carbocycles. The van der Waals surface area contributed by atoms with E-state index in [-0.39, 0.29) is 31.4 Å². The summed E-state index contributed by atoms with van der Waals surface area (Å²) in [5.41, 5.74) is 1.67. The monoisotopic (exact) mass is 972 g/mol. The predicted octanol–water partition coefficient (Wildman–Crippen LogP) is 13.3. The topological polar surface area (TPSA) is 25.8 Å². The third kappa shape index (κ3) is 7.56. The summed E-state index contributed by atoms with van der Waals surface area (Å²) in [6.45, 7) is -10.0. The molecule has 0 fully saturated rings. The smallest absolute Gasteiger partial charge is 0 e. The molecule has 0 aliphatic carbocycles. The Bertz CT molecular complexity index is 3010. The van der Waals surface area contributed by atoms with Crippen LogP contribution in [0.15, 0.2) is 134 Å². The number of aromatic nitrogens is 2. The van der Waals surface area contributed by atoms with Gasteiger partial charge in [-0.3, -0.25) is 0 Å². The van der Waals surface area contributed by atoms with Crippen molar-refractivity contribution in [3.63, 3.8) is 0 Å². The van der Waals surface area contributed by atoms with E-state index in [4.69, 9.17) is 17.3 Å². The van der Waals surface area contributed by atoms with Crippen molar-refractivity contribution in [1.82, 2.24) is 9.97 Å². The third-order valence-corrected chi connectivity index (χ3v) is 15.9. The molecule has 0 aliphatic rings. The van der Waals surface area contributed by atoms with Crippen molar-refractivity contribution < 1.29 is 32.4 Å². The van der Waals surface area contributed by atoms with Gasteiger partial charge in [0, 0.05) is 43.3 Å². The molecule has 1 radical (unpaired) electrons. The van der Waals surface area contributed by atoms with Gasteiger partial charge in [-0.25, -0.2) is 0 Å². The summed E-state index contributed by atoms with van der Waals surface area (Å²) in [4.78, 5) is 9.14. The van der Waals surface area contributed by atoms with E-state index in [9.17, 15) is 0 Å². The van der Waals surface area contributed by atoms with Crippen LogP contribution in [-0.2, 0) is 25.5 Å². The number of hydrogen-bond donors (Lipinski definition) is 0. The molecule has 9 aromatic rings. The molecule has 0 unspecified atom stereocenters. The first-order chi connectivity index (χ1) is 28.8. The average Bonchev–Trinajstić information content (AvgIpc) is 3.78. The van der Waals surface area contributed by atoms with E-state index in [0.29, 0.717) is 5.56 Å². The van der Waals surface area contributed by atoms with Crippen molar-refractivity contribution in [3.05, 3.63) is 151 Å². The molecule has 53 heavy (non-hydrogen) atoms. The van der Waals surface area contributed by atoms with Crippen molar-refractivity contribution >= 4 is 80.7 Å².